The molecule has 0 bridgehead atoms. The smallest absolute Gasteiger partial charge is 0.270 e. The van der Waals surface area contributed by atoms with E-state index in [9.17, 15) is 4.79 Å². The molecule has 0 saturated heterocycles. The van der Waals surface area contributed by atoms with Crippen molar-refractivity contribution in [3.8, 4) is 22.3 Å². The Morgan fingerprint density at radius 3 is 3.00 bits per heavy atom. The number of thiophene rings is 1. The molecule has 0 radical (unpaired) electrons. The maximum absolute atomic E-state index is 12.3. The number of anilines is 1. The van der Waals surface area contributed by atoms with Gasteiger partial charge >= 0.3 is 0 Å². The minimum atomic E-state index is -0.241. The van der Waals surface area contributed by atoms with E-state index in [0.29, 0.717) is 29.0 Å². The lowest BCUT2D eigenvalue weighted by molar-refractivity contribution is -0.111. The van der Waals surface area contributed by atoms with Gasteiger partial charge in [-0.15, -0.1) is 11.3 Å². The van der Waals surface area contributed by atoms with Crippen LogP contribution >= 0.6 is 11.3 Å². The summed E-state index contributed by atoms with van der Waals surface area (Å²) in [5.74, 6) is 2.77. The summed E-state index contributed by atoms with van der Waals surface area (Å²) < 4.78 is 16.0. The van der Waals surface area contributed by atoms with E-state index in [-0.39, 0.29) is 12.7 Å². The highest BCUT2D eigenvalue weighted by atomic mass is 32.1. The number of rotatable bonds is 5. The first-order chi connectivity index (χ1) is 13.3. The standard InChI is InChI=1S/C19H15N3O4S/c23-16(6-2-11-1-5-14-15(9-11)25-10-24-14)20-13-7-8-27-17(13)19-21-18(22-26-19)12-3-4-12/h1-2,5-9,12H,3-4,10H2,(H,20,23)/b6-2+. The minimum absolute atomic E-state index is 0.224. The Morgan fingerprint density at radius 1 is 1.22 bits per heavy atom. The van der Waals surface area contributed by atoms with Crippen molar-refractivity contribution in [3.05, 3.63) is 47.1 Å². The molecule has 1 aliphatic heterocycles. The number of amides is 1. The SMILES string of the molecule is O=C(/C=C/c1ccc2c(c1)OCO2)Nc1ccsc1-c1nc(C2CC2)no1. The van der Waals surface area contributed by atoms with Crippen LogP contribution in [0.2, 0.25) is 0 Å². The lowest BCUT2D eigenvalue weighted by atomic mass is 10.2. The summed E-state index contributed by atoms with van der Waals surface area (Å²) in [5, 5.41) is 8.78. The first kappa shape index (κ1) is 16.1. The molecule has 2 aromatic heterocycles. The summed E-state index contributed by atoms with van der Waals surface area (Å²) in [5.41, 5.74) is 1.51. The molecule has 0 spiro atoms. The molecule has 1 saturated carbocycles. The monoisotopic (exact) mass is 381 g/mol. The van der Waals surface area contributed by atoms with E-state index in [0.717, 1.165) is 29.1 Å². The molecule has 1 amide bonds. The molecule has 1 fully saturated rings. The van der Waals surface area contributed by atoms with Gasteiger partial charge in [0, 0.05) is 12.0 Å². The molecule has 3 heterocycles. The maximum atomic E-state index is 12.3. The Balaban J connectivity index is 1.29. The molecule has 0 unspecified atom stereocenters. The van der Waals surface area contributed by atoms with E-state index < -0.39 is 0 Å². The van der Waals surface area contributed by atoms with Gasteiger partial charge in [-0.05, 0) is 48.1 Å². The molecule has 27 heavy (non-hydrogen) atoms. The van der Waals surface area contributed by atoms with Crippen molar-refractivity contribution in [2.45, 2.75) is 18.8 Å². The summed E-state index contributed by atoms with van der Waals surface area (Å²) in [6.07, 6.45) is 5.42. The number of hydrogen-bond donors (Lipinski definition) is 1. The average molecular weight is 381 g/mol. The van der Waals surface area contributed by atoms with Crippen LogP contribution in [0.5, 0.6) is 11.5 Å². The number of hydrogen-bond acceptors (Lipinski definition) is 7. The van der Waals surface area contributed by atoms with Crippen LogP contribution < -0.4 is 14.8 Å². The van der Waals surface area contributed by atoms with Crippen LogP contribution in [0.1, 0.15) is 30.1 Å². The molecule has 7 nitrogen and oxygen atoms in total. The van der Waals surface area contributed by atoms with E-state index >= 15 is 0 Å². The highest BCUT2D eigenvalue weighted by molar-refractivity contribution is 7.14. The van der Waals surface area contributed by atoms with Crippen molar-refractivity contribution in [2.24, 2.45) is 0 Å². The predicted octanol–water partition coefficient (Wildman–Crippen LogP) is 4.06. The summed E-state index contributed by atoms with van der Waals surface area (Å²) >= 11 is 1.45. The second kappa shape index (κ2) is 6.55. The Kier molecular flexibility index (Phi) is 3.90. The van der Waals surface area contributed by atoms with Gasteiger partial charge in [-0.3, -0.25) is 4.79 Å². The summed E-state index contributed by atoms with van der Waals surface area (Å²) in [4.78, 5) is 17.5. The predicted molar refractivity (Wildman–Crippen MR) is 99.8 cm³/mol. The number of nitrogens with zero attached hydrogens (tertiary/aromatic N) is 2. The van der Waals surface area contributed by atoms with Gasteiger partial charge in [-0.2, -0.15) is 4.98 Å². The van der Waals surface area contributed by atoms with Gasteiger partial charge in [0.25, 0.3) is 5.89 Å². The molecule has 8 heteroatoms. The van der Waals surface area contributed by atoms with Gasteiger partial charge in [0.2, 0.25) is 12.7 Å². The molecule has 1 aromatic carbocycles. The highest BCUT2D eigenvalue weighted by Gasteiger charge is 2.29. The summed E-state index contributed by atoms with van der Waals surface area (Å²) in [6.45, 7) is 0.224. The minimum Gasteiger partial charge on any atom is -0.454 e. The number of carbonyl (C=O) groups is 1. The first-order valence-corrected chi connectivity index (χ1v) is 9.44. The molecule has 3 aromatic rings. The van der Waals surface area contributed by atoms with Crippen LogP contribution in [0.25, 0.3) is 16.8 Å². The van der Waals surface area contributed by atoms with Crippen LogP contribution in [-0.4, -0.2) is 22.8 Å². The van der Waals surface area contributed by atoms with Crippen molar-refractivity contribution in [1.29, 1.82) is 0 Å². The van der Waals surface area contributed by atoms with E-state index in [1.54, 1.807) is 6.08 Å². The third kappa shape index (κ3) is 3.31. The molecule has 1 aliphatic carbocycles. The van der Waals surface area contributed by atoms with Gasteiger partial charge in [-0.25, -0.2) is 0 Å². The molecular weight excluding hydrogens is 366 g/mol. The van der Waals surface area contributed by atoms with Gasteiger partial charge in [0.1, 0.15) is 4.88 Å². The van der Waals surface area contributed by atoms with Crippen LogP contribution in [-0.2, 0) is 4.79 Å². The molecule has 2 aliphatic rings. The Labute approximate surface area is 158 Å². The van der Waals surface area contributed by atoms with E-state index in [1.807, 2.05) is 29.6 Å². The third-order valence-electron chi connectivity index (χ3n) is 4.33. The van der Waals surface area contributed by atoms with Gasteiger partial charge in [-0.1, -0.05) is 11.2 Å². The lowest BCUT2D eigenvalue weighted by Crippen LogP contribution is -2.07. The number of fused-ring (bicyclic) bond motifs is 1. The molecule has 136 valence electrons. The lowest BCUT2D eigenvalue weighted by Gasteiger charge is -2.01. The largest absolute Gasteiger partial charge is 0.454 e. The molecular formula is C19H15N3O4S. The summed E-state index contributed by atoms with van der Waals surface area (Å²) in [6, 6.07) is 7.35. The third-order valence-corrected chi connectivity index (χ3v) is 5.23. The van der Waals surface area contributed by atoms with Crippen molar-refractivity contribution >= 4 is 29.0 Å². The fourth-order valence-corrected chi connectivity index (χ4v) is 3.54. The topological polar surface area (TPSA) is 86.5 Å². The van der Waals surface area contributed by atoms with Crippen molar-refractivity contribution < 1.29 is 18.8 Å². The van der Waals surface area contributed by atoms with E-state index in [2.05, 4.69) is 15.5 Å². The second-order valence-electron chi connectivity index (χ2n) is 6.33. The number of benzene rings is 1. The Bertz CT molecular complexity index is 1040. The number of aromatic nitrogens is 2. The van der Waals surface area contributed by atoms with Gasteiger partial charge < -0.3 is 19.3 Å². The molecule has 0 atom stereocenters. The second-order valence-corrected chi connectivity index (χ2v) is 7.25. The van der Waals surface area contributed by atoms with Crippen molar-refractivity contribution in [3.63, 3.8) is 0 Å². The van der Waals surface area contributed by atoms with Crippen LogP contribution in [0.15, 0.2) is 40.2 Å². The Morgan fingerprint density at radius 2 is 2.11 bits per heavy atom. The normalized spacial score (nSPS) is 15.4. The zero-order chi connectivity index (χ0) is 18.2. The number of carbonyl (C=O) groups excluding carboxylic acids is 1. The van der Waals surface area contributed by atoms with Crippen LogP contribution in [0.4, 0.5) is 5.69 Å². The first-order valence-electron chi connectivity index (χ1n) is 8.56. The van der Waals surface area contributed by atoms with Gasteiger partial charge in [0.05, 0.1) is 5.69 Å². The quantitative estimate of drug-likeness (QED) is 0.671. The van der Waals surface area contributed by atoms with Crippen LogP contribution in [0.3, 0.4) is 0 Å². The average Bonchev–Trinajstić information content (AvgIpc) is 3.08. The zero-order valence-electron chi connectivity index (χ0n) is 14.2. The fourth-order valence-electron chi connectivity index (χ4n) is 2.77. The molecule has 5 rings (SSSR count). The van der Waals surface area contributed by atoms with Crippen LogP contribution in [0, 0.1) is 0 Å². The number of nitrogens with one attached hydrogen (secondary N) is 1. The maximum Gasteiger partial charge on any atom is 0.270 e. The fraction of sp³-hybridized carbons (Fsp3) is 0.211. The molecule has 1 N–H and O–H groups in total. The highest BCUT2D eigenvalue weighted by Crippen LogP contribution is 2.40. The van der Waals surface area contributed by atoms with E-state index in [1.165, 1.54) is 17.4 Å². The van der Waals surface area contributed by atoms with Gasteiger partial charge in [0.15, 0.2) is 17.3 Å². The van der Waals surface area contributed by atoms with Crippen molar-refractivity contribution in [1.82, 2.24) is 10.1 Å². The summed E-state index contributed by atoms with van der Waals surface area (Å²) in [7, 11) is 0. The van der Waals surface area contributed by atoms with Crippen molar-refractivity contribution in [2.75, 3.05) is 12.1 Å². The van der Waals surface area contributed by atoms with E-state index in [4.69, 9.17) is 14.0 Å². The number of ether oxygens (including phenoxy) is 2. The zero-order valence-corrected chi connectivity index (χ0v) is 15.0. The Hall–Kier alpha value is -3.13.